The molecule has 2 aromatic rings. The number of halogens is 2. The highest BCUT2D eigenvalue weighted by Gasteiger charge is 2.34. The van der Waals surface area contributed by atoms with Gasteiger partial charge in [0, 0.05) is 35.5 Å². The molecule has 1 atom stereocenters. The second-order valence-corrected chi connectivity index (χ2v) is 8.79. The Bertz CT molecular complexity index is 1040. The first-order chi connectivity index (χ1) is 15.8. The van der Waals surface area contributed by atoms with Gasteiger partial charge in [0.05, 0.1) is 12.6 Å². The fraction of sp³-hybridized carbons (Fsp3) is 0.500. The van der Waals surface area contributed by atoms with Gasteiger partial charge >= 0.3 is 0 Å². The van der Waals surface area contributed by atoms with Crippen molar-refractivity contribution >= 4 is 17.6 Å². The predicted octanol–water partition coefficient (Wildman–Crippen LogP) is 4.66. The molecular formula is C24H28F2N4O3. The summed E-state index contributed by atoms with van der Waals surface area (Å²) >= 11 is 0. The van der Waals surface area contributed by atoms with Gasteiger partial charge in [-0.1, -0.05) is 12.8 Å². The van der Waals surface area contributed by atoms with Gasteiger partial charge in [-0.25, -0.2) is 18.7 Å². The lowest BCUT2D eigenvalue weighted by Gasteiger charge is -2.25. The highest BCUT2D eigenvalue weighted by molar-refractivity contribution is 6.01. The summed E-state index contributed by atoms with van der Waals surface area (Å²) in [5, 5.41) is 2.91. The number of nitrogens with one attached hydrogen (secondary N) is 1. The molecule has 3 heterocycles. The third kappa shape index (κ3) is 5.12. The third-order valence-electron chi connectivity index (χ3n) is 6.43. The van der Waals surface area contributed by atoms with Gasteiger partial charge in [-0.2, -0.15) is 0 Å². The highest BCUT2D eigenvalue weighted by atomic mass is 19.3. The number of carbonyl (C=O) groups excluding carboxylic acids is 2. The number of alkyl halides is 2. The van der Waals surface area contributed by atoms with Gasteiger partial charge in [0.2, 0.25) is 11.8 Å². The zero-order chi connectivity index (χ0) is 23.5. The Morgan fingerprint density at radius 1 is 1.30 bits per heavy atom. The second kappa shape index (κ2) is 9.80. The number of ether oxygens (including phenoxy) is 1. The van der Waals surface area contributed by atoms with Crippen LogP contribution in [0, 0.1) is 12.8 Å². The van der Waals surface area contributed by atoms with Crippen LogP contribution in [0.1, 0.15) is 72.1 Å². The highest BCUT2D eigenvalue weighted by Crippen LogP contribution is 2.35. The van der Waals surface area contributed by atoms with Crippen molar-refractivity contribution in [2.75, 3.05) is 11.9 Å². The number of hydrogen-bond acceptors (Lipinski definition) is 5. The smallest absolute Gasteiger partial charge is 0.272 e. The summed E-state index contributed by atoms with van der Waals surface area (Å²) in [4.78, 5) is 35.8. The van der Waals surface area contributed by atoms with E-state index >= 15 is 0 Å². The van der Waals surface area contributed by atoms with E-state index in [2.05, 4.69) is 15.3 Å². The molecule has 2 amide bonds. The Kier molecular flexibility index (Phi) is 6.85. The number of aromatic nitrogens is 2. The summed E-state index contributed by atoms with van der Waals surface area (Å²) in [5.41, 5.74) is 2.61. The van der Waals surface area contributed by atoms with E-state index in [0.717, 1.165) is 18.4 Å². The minimum absolute atomic E-state index is 0.0686. The van der Waals surface area contributed by atoms with Crippen LogP contribution in [0.5, 0.6) is 5.88 Å². The fourth-order valence-electron chi connectivity index (χ4n) is 4.62. The number of rotatable bonds is 8. The minimum atomic E-state index is -2.58. The Labute approximate surface area is 191 Å². The van der Waals surface area contributed by atoms with Crippen molar-refractivity contribution < 1.29 is 23.1 Å². The summed E-state index contributed by atoms with van der Waals surface area (Å²) in [7, 11) is 0. The third-order valence-corrected chi connectivity index (χ3v) is 6.43. The molecule has 9 heteroatoms. The van der Waals surface area contributed by atoms with Crippen molar-refractivity contribution in [2.45, 2.75) is 65.0 Å². The Morgan fingerprint density at radius 2 is 2.06 bits per heavy atom. The second-order valence-electron chi connectivity index (χ2n) is 8.79. The average molecular weight is 459 g/mol. The van der Waals surface area contributed by atoms with Gasteiger partial charge in [0.25, 0.3) is 12.3 Å². The first-order valence-electron chi connectivity index (χ1n) is 11.3. The van der Waals surface area contributed by atoms with Gasteiger partial charge in [0.1, 0.15) is 5.82 Å². The lowest BCUT2D eigenvalue weighted by Crippen LogP contribution is -2.27. The van der Waals surface area contributed by atoms with Crippen LogP contribution in [0.2, 0.25) is 0 Å². The van der Waals surface area contributed by atoms with E-state index in [1.54, 1.807) is 24.0 Å². The molecule has 1 N–H and O–H groups in total. The molecule has 0 spiro atoms. The van der Waals surface area contributed by atoms with E-state index in [0.29, 0.717) is 41.4 Å². The maximum absolute atomic E-state index is 13.1. The Morgan fingerprint density at radius 3 is 2.76 bits per heavy atom. The van der Waals surface area contributed by atoms with Crippen LogP contribution >= 0.6 is 0 Å². The number of nitrogens with zero attached hydrogens (tertiary/aromatic N) is 3. The molecule has 1 fully saturated rings. The molecule has 2 aliphatic rings. The molecule has 0 radical (unpaired) electrons. The molecule has 33 heavy (non-hydrogen) atoms. The predicted molar refractivity (Wildman–Crippen MR) is 118 cm³/mol. The van der Waals surface area contributed by atoms with Crippen LogP contribution in [0.15, 0.2) is 24.5 Å². The minimum Gasteiger partial charge on any atom is -0.471 e. The van der Waals surface area contributed by atoms with E-state index in [9.17, 15) is 18.4 Å². The maximum Gasteiger partial charge on any atom is 0.272 e. The van der Waals surface area contributed by atoms with Gasteiger partial charge in [-0.05, 0) is 50.3 Å². The first kappa shape index (κ1) is 23.1. The molecule has 1 aliphatic carbocycles. The van der Waals surface area contributed by atoms with Gasteiger partial charge in [-0.3, -0.25) is 9.59 Å². The van der Waals surface area contributed by atoms with Crippen molar-refractivity contribution in [3.63, 3.8) is 0 Å². The van der Waals surface area contributed by atoms with Crippen LogP contribution in [0.25, 0.3) is 0 Å². The van der Waals surface area contributed by atoms with Crippen LogP contribution in [-0.2, 0) is 11.3 Å². The van der Waals surface area contributed by atoms with Gasteiger partial charge in [0.15, 0.2) is 6.61 Å². The normalized spacial score (nSPS) is 16.9. The summed E-state index contributed by atoms with van der Waals surface area (Å²) in [6.45, 7) is 3.20. The standard InChI is InChI=1S/C24H28F2N4O3/c1-14-9-17(11-28-23(14)33-13-20(25)26)15(2)30-12-19-18(24(30)32)7-8-27-22(19)29-21(31)10-16-5-3-4-6-16/h7-9,11,15-16,20H,3-6,10,12-13H2,1-2H3,(H,27,29,31). The molecular weight excluding hydrogens is 430 g/mol. The molecule has 0 saturated heterocycles. The topological polar surface area (TPSA) is 84.4 Å². The van der Waals surface area contributed by atoms with Crippen molar-refractivity contribution in [1.29, 1.82) is 0 Å². The zero-order valence-corrected chi connectivity index (χ0v) is 18.8. The summed E-state index contributed by atoms with van der Waals surface area (Å²) in [6.07, 6.45) is 5.48. The van der Waals surface area contributed by atoms with Crippen LogP contribution in [0.3, 0.4) is 0 Å². The Hall–Kier alpha value is -3.10. The SMILES string of the molecule is Cc1cc(C(C)N2Cc3c(ccnc3NC(=O)CC3CCCC3)C2=O)cnc1OCC(F)F. The summed E-state index contributed by atoms with van der Waals surface area (Å²) in [6, 6.07) is 3.14. The van der Waals surface area contributed by atoms with Crippen molar-refractivity contribution in [2.24, 2.45) is 5.92 Å². The van der Waals surface area contributed by atoms with Crippen molar-refractivity contribution in [3.05, 3.63) is 46.8 Å². The average Bonchev–Trinajstić information content (AvgIpc) is 3.40. The van der Waals surface area contributed by atoms with Gasteiger partial charge < -0.3 is 15.0 Å². The number of aryl methyl sites for hydroxylation is 1. The van der Waals surface area contributed by atoms with E-state index in [-0.39, 0.29) is 23.7 Å². The molecule has 1 saturated carbocycles. The molecule has 1 aliphatic heterocycles. The number of amides is 2. The van der Waals surface area contributed by atoms with E-state index in [1.165, 1.54) is 25.2 Å². The number of carbonyl (C=O) groups is 2. The lowest BCUT2D eigenvalue weighted by molar-refractivity contribution is -0.117. The lowest BCUT2D eigenvalue weighted by atomic mass is 10.0. The molecule has 7 nitrogen and oxygen atoms in total. The largest absolute Gasteiger partial charge is 0.471 e. The van der Waals surface area contributed by atoms with Crippen molar-refractivity contribution in [1.82, 2.24) is 14.9 Å². The fourth-order valence-corrected chi connectivity index (χ4v) is 4.62. The van der Waals surface area contributed by atoms with Crippen LogP contribution in [0.4, 0.5) is 14.6 Å². The van der Waals surface area contributed by atoms with Crippen LogP contribution in [-0.4, -0.2) is 39.7 Å². The molecule has 4 rings (SSSR count). The quantitative estimate of drug-likeness (QED) is 0.622. The molecule has 1 unspecified atom stereocenters. The molecule has 0 aromatic carbocycles. The molecule has 0 bridgehead atoms. The van der Waals surface area contributed by atoms with E-state index in [1.807, 2.05) is 6.92 Å². The Balaban J connectivity index is 1.47. The maximum atomic E-state index is 13.1. The number of pyridine rings is 2. The summed E-state index contributed by atoms with van der Waals surface area (Å²) < 4.78 is 29.9. The number of fused-ring (bicyclic) bond motifs is 1. The molecule has 176 valence electrons. The number of hydrogen-bond donors (Lipinski definition) is 1. The molecule has 2 aromatic heterocycles. The van der Waals surface area contributed by atoms with E-state index in [4.69, 9.17) is 4.74 Å². The van der Waals surface area contributed by atoms with Gasteiger partial charge in [-0.15, -0.1) is 0 Å². The summed E-state index contributed by atoms with van der Waals surface area (Å²) in [5.74, 6) is 0.786. The van der Waals surface area contributed by atoms with E-state index < -0.39 is 13.0 Å². The van der Waals surface area contributed by atoms with Crippen molar-refractivity contribution in [3.8, 4) is 5.88 Å². The zero-order valence-electron chi connectivity index (χ0n) is 18.8. The van der Waals surface area contributed by atoms with Crippen LogP contribution < -0.4 is 10.1 Å². The monoisotopic (exact) mass is 458 g/mol. The number of anilines is 1. The first-order valence-corrected chi connectivity index (χ1v) is 11.3.